The van der Waals surface area contributed by atoms with Gasteiger partial charge in [0.1, 0.15) is 5.65 Å². The minimum absolute atomic E-state index is 0.0715. The Morgan fingerprint density at radius 2 is 1.95 bits per heavy atom. The van der Waals surface area contributed by atoms with Crippen LogP contribution in [0, 0.1) is 13.8 Å². The van der Waals surface area contributed by atoms with Crippen molar-refractivity contribution in [3.05, 3.63) is 59.3 Å². The van der Waals surface area contributed by atoms with Crippen LogP contribution in [0.5, 0.6) is 0 Å². The first-order valence-electron chi connectivity index (χ1n) is 13.7. The maximum atomic E-state index is 13.5. The molecule has 38 heavy (non-hydrogen) atoms. The molecule has 5 rings (SSSR count). The molecule has 2 aromatic heterocycles. The summed E-state index contributed by atoms with van der Waals surface area (Å²) >= 11 is 0. The van der Waals surface area contributed by atoms with E-state index in [-0.39, 0.29) is 5.91 Å². The first kappa shape index (κ1) is 26.4. The number of piperidine rings is 1. The van der Waals surface area contributed by atoms with E-state index in [2.05, 4.69) is 32.1 Å². The molecule has 7 heteroatoms. The van der Waals surface area contributed by atoms with Gasteiger partial charge in [0, 0.05) is 39.7 Å². The Bertz CT molecular complexity index is 1600. The van der Waals surface area contributed by atoms with Crippen LogP contribution in [0.3, 0.4) is 0 Å². The van der Waals surface area contributed by atoms with E-state index in [4.69, 9.17) is 0 Å². The number of pyridine rings is 1. The zero-order chi connectivity index (χ0) is 26.9. The minimum Gasteiger partial charge on any atom is -0.352 e. The van der Waals surface area contributed by atoms with Crippen molar-refractivity contribution in [2.45, 2.75) is 51.3 Å². The number of hydrogen-bond donors (Lipinski definition) is 2. The monoisotopic (exact) mass is 530 g/mol. The Labute approximate surface area is 225 Å². The van der Waals surface area contributed by atoms with E-state index in [1.54, 1.807) is 0 Å². The summed E-state index contributed by atoms with van der Waals surface area (Å²) in [5.41, 5.74) is 6.15. The van der Waals surface area contributed by atoms with E-state index in [9.17, 15) is 9.00 Å². The van der Waals surface area contributed by atoms with E-state index in [0.29, 0.717) is 17.9 Å². The first-order chi connectivity index (χ1) is 18.3. The summed E-state index contributed by atoms with van der Waals surface area (Å²) in [7, 11) is -2.38. The van der Waals surface area contributed by atoms with Gasteiger partial charge in [-0.3, -0.25) is 9.00 Å². The van der Waals surface area contributed by atoms with Gasteiger partial charge in [-0.05, 0) is 115 Å². The van der Waals surface area contributed by atoms with Gasteiger partial charge in [-0.2, -0.15) is 0 Å². The molecular formula is C31H38N4O2S. The largest absolute Gasteiger partial charge is 0.352 e. The van der Waals surface area contributed by atoms with Crippen LogP contribution in [0.2, 0.25) is 0 Å². The topological polar surface area (TPSA) is 78.1 Å². The lowest BCUT2D eigenvalue weighted by molar-refractivity contribution is 0.0950. The number of aromatic amines is 1. The predicted molar refractivity (Wildman–Crippen MR) is 160 cm³/mol. The molecule has 2 aromatic carbocycles. The van der Waals surface area contributed by atoms with Crippen molar-refractivity contribution in [2.24, 2.45) is 0 Å². The highest BCUT2D eigenvalue weighted by atomic mass is 32.2. The van der Waals surface area contributed by atoms with Gasteiger partial charge in [0.25, 0.3) is 5.91 Å². The number of nitrogens with one attached hydrogen (secondary N) is 2. The number of hydrogen-bond acceptors (Lipinski definition) is 4. The van der Waals surface area contributed by atoms with Crippen molar-refractivity contribution < 1.29 is 9.00 Å². The second-order valence-corrected chi connectivity index (χ2v) is 13.2. The molecule has 1 unspecified atom stereocenters. The van der Waals surface area contributed by atoms with E-state index in [1.165, 1.54) is 19.3 Å². The lowest BCUT2D eigenvalue weighted by Crippen LogP contribution is -2.33. The zero-order valence-electron chi connectivity index (χ0n) is 22.7. The summed E-state index contributed by atoms with van der Waals surface area (Å²) in [5.74, 6) is 4.39. The fourth-order valence-electron chi connectivity index (χ4n) is 5.50. The Balaban J connectivity index is 1.55. The molecule has 1 saturated heterocycles. The number of H-pyrrole nitrogens is 1. The highest BCUT2D eigenvalue weighted by molar-refractivity contribution is 8.00. The van der Waals surface area contributed by atoms with Crippen molar-refractivity contribution in [3.8, 4) is 11.1 Å². The van der Waals surface area contributed by atoms with Crippen molar-refractivity contribution in [3.63, 3.8) is 0 Å². The van der Waals surface area contributed by atoms with Crippen LogP contribution in [-0.2, 0) is 9.52 Å². The third-order valence-electron chi connectivity index (χ3n) is 7.80. The number of likely N-dealkylation sites (tertiary alicyclic amines) is 1. The Morgan fingerprint density at radius 3 is 2.71 bits per heavy atom. The number of nitrogens with zero attached hydrogens (tertiary/aromatic N) is 2. The fourth-order valence-corrected chi connectivity index (χ4v) is 6.51. The van der Waals surface area contributed by atoms with Gasteiger partial charge in [-0.25, -0.2) is 4.98 Å². The molecule has 4 aromatic rings. The van der Waals surface area contributed by atoms with Crippen LogP contribution < -0.4 is 5.32 Å². The van der Waals surface area contributed by atoms with E-state index >= 15 is 0 Å². The van der Waals surface area contributed by atoms with Crippen molar-refractivity contribution in [1.82, 2.24) is 20.2 Å². The third kappa shape index (κ3) is 5.22. The van der Waals surface area contributed by atoms with Gasteiger partial charge in [0.2, 0.25) is 0 Å². The number of carbonyl (C=O) groups is 1. The van der Waals surface area contributed by atoms with E-state index < -0.39 is 9.52 Å². The van der Waals surface area contributed by atoms with Crippen molar-refractivity contribution in [1.29, 1.82) is 0 Å². The van der Waals surface area contributed by atoms with Crippen LogP contribution >= 0.6 is 0 Å². The highest BCUT2D eigenvalue weighted by Gasteiger charge is 2.21. The van der Waals surface area contributed by atoms with E-state index in [0.717, 1.165) is 75.1 Å². The van der Waals surface area contributed by atoms with Gasteiger partial charge >= 0.3 is 0 Å². The fraction of sp³-hybridized carbons (Fsp3) is 0.387. The molecule has 0 spiro atoms. The Hall–Kier alpha value is -3.16. The summed E-state index contributed by atoms with van der Waals surface area (Å²) in [4.78, 5) is 24.8. The Morgan fingerprint density at radius 1 is 1.16 bits per heavy atom. The molecular weight excluding hydrogens is 492 g/mol. The number of rotatable bonds is 8. The third-order valence-corrected chi connectivity index (χ3v) is 9.84. The maximum absolute atomic E-state index is 13.5. The molecule has 1 aliphatic rings. The van der Waals surface area contributed by atoms with E-state index in [1.807, 2.05) is 57.3 Å². The number of aromatic nitrogens is 2. The Kier molecular flexibility index (Phi) is 7.59. The normalized spacial score (nSPS) is 16.1. The zero-order valence-corrected chi connectivity index (χ0v) is 23.5. The molecule has 200 valence electrons. The van der Waals surface area contributed by atoms with Gasteiger partial charge in [0.05, 0.1) is 5.52 Å². The van der Waals surface area contributed by atoms with Crippen LogP contribution in [0.15, 0.2) is 47.5 Å². The summed E-state index contributed by atoms with van der Waals surface area (Å²) in [6.45, 7) is 9.91. The van der Waals surface area contributed by atoms with Crippen LogP contribution in [0.25, 0.3) is 33.1 Å². The van der Waals surface area contributed by atoms with Crippen LogP contribution in [-0.4, -0.2) is 62.8 Å². The number of carbonyl (C=O) groups excluding carboxylic acids is 1. The molecule has 0 radical (unpaired) electrons. The van der Waals surface area contributed by atoms with Crippen molar-refractivity contribution >= 4 is 43.2 Å². The summed E-state index contributed by atoms with van der Waals surface area (Å²) in [6, 6.07) is 11.9. The second kappa shape index (κ2) is 10.9. The molecule has 1 aliphatic heterocycles. The number of benzene rings is 2. The summed E-state index contributed by atoms with van der Waals surface area (Å²) < 4.78 is 13.1. The summed E-state index contributed by atoms with van der Waals surface area (Å²) in [6.07, 6.45) is 6.66. The predicted octanol–water partition coefficient (Wildman–Crippen LogP) is 5.70. The molecule has 1 atom stereocenters. The number of fused-ring (bicyclic) bond motifs is 3. The first-order valence-corrected chi connectivity index (χ1v) is 15.6. The quantitative estimate of drug-likeness (QED) is 0.226. The number of aryl methyl sites for hydroxylation is 2. The van der Waals surface area contributed by atoms with Crippen molar-refractivity contribution in [2.75, 3.05) is 31.9 Å². The standard InChI is InChI=1S/C31H38N4O2S/c1-5-38(4,37)24-12-9-11-23(18-24)26-19-25(31(36)32-13-10-16-35-14-7-6-8-15-35)22(3)29-28(26)27-17-21(2)20-33-30(27)34-29/h9,11-12,17-20H,4-8,10,13-16H2,1-3H3,(H,32,36)(H,33,34). The lowest BCUT2D eigenvalue weighted by atomic mass is 9.93. The van der Waals surface area contributed by atoms with Gasteiger partial charge < -0.3 is 15.2 Å². The molecule has 0 aliphatic carbocycles. The van der Waals surface area contributed by atoms with Gasteiger partial charge in [-0.1, -0.05) is 25.5 Å². The lowest BCUT2D eigenvalue weighted by Gasteiger charge is -2.26. The van der Waals surface area contributed by atoms with Gasteiger partial charge in [0.15, 0.2) is 0 Å². The van der Waals surface area contributed by atoms with Crippen LogP contribution in [0.4, 0.5) is 0 Å². The molecule has 3 heterocycles. The summed E-state index contributed by atoms with van der Waals surface area (Å²) in [5, 5.41) is 5.20. The molecule has 1 fully saturated rings. The average molecular weight is 531 g/mol. The molecule has 1 amide bonds. The smallest absolute Gasteiger partial charge is 0.251 e. The minimum atomic E-state index is -2.38. The average Bonchev–Trinajstić information content (AvgIpc) is 3.31. The second-order valence-electron chi connectivity index (χ2n) is 10.5. The molecule has 6 nitrogen and oxygen atoms in total. The maximum Gasteiger partial charge on any atom is 0.251 e. The van der Waals surface area contributed by atoms with Gasteiger partial charge in [-0.15, -0.1) is 0 Å². The number of amides is 1. The SMILES string of the molecule is C=S(=O)(CC)c1cccc(-c2cc(C(=O)NCCCN3CCCCC3)c(C)c3[nH]c4ncc(C)cc4c23)c1. The molecule has 0 saturated carbocycles. The highest BCUT2D eigenvalue weighted by Crippen LogP contribution is 2.38. The van der Waals surface area contributed by atoms with Crippen LogP contribution in [0.1, 0.15) is 54.1 Å². The molecule has 2 N–H and O–H groups in total. The molecule has 0 bridgehead atoms.